The van der Waals surface area contributed by atoms with E-state index in [2.05, 4.69) is 24.1 Å². The van der Waals surface area contributed by atoms with Gasteiger partial charge < -0.3 is 11.1 Å². The van der Waals surface area contributed by atoms with Crippen LogP contribution in [0.2, 0.25) is 0 Å². The average molecular weight is 267 g/mol. The highest BCUT2D eigenvalue weighted by molar-refractivity contribution is 5.91. The van der Waals surface area contributed by atoms with Crippen LogP contribution >= 0.6 is 0 Å². The molecule has 0 spiro atoms. The van der Waals surface area contributed by atoms with Crippen LogP contribution in [0.1, 0.15) is 63.0 Å². The Morgan fingerprint density at radius 1 is 1.26 bits per heavy atom. The predicted molar refractivity (Wildman–Crippen MR) is 82.1 cm³/mol. The summed E-state index contributed by atoms with van der Waals surface area (Å²) < 4.78 is 0. The number of hydrogen-bond donors (Lipinski definition) is 2. The van der Waals surface area contributed by atoms with Crippen molar-refractivity contribution in [3.8, 4) is 0 Å². The van der Waals surface area contributed by atoms with Gasteiger partial charge in [0.1, 0.15) is 5.69 Å². The van der Waals surface area contributed by atoms with Gasteiger partial charge in [0.15, 0.2) is 0 Å². The highest BCUT2D eigenvalue weighted by Crippen LogP contribution is 1.98. The predicted octanol–water partition coefficient (Wildman–Crippen LogP) is 3.12. The molecule has 0 aromatic carbocycles. The summed E-state index contributed by atoms with van der Waals surface area (Å²) in [5, 5.41) is 2.49. The third kappa shape index (κ3) is 10.2. The van der Waals surface area contributed by atoms with E-state index < -0.39 is 0 Å². The molecular weight excluding hydrogens is 238 g/mol. The number of aromatic nitrogens is 1. The van der Waals surface area contributed by atoms with Crippen LogP contribution in [-0.4, -0.2) is 17.9 Å². The topological polar surface area (TPSA) is 68.0 Å². The lowest BCUT2D eigenvalue weighted by Crippen LogP contribution is -2.19. The minimum atomic E-state index is -0.182. The van der Waals surface area contributed by atoms with Gasteiger partial charge in [-0.05, 0) is 11.6 Å². The number of nitrogens with one attached hydrogen (secondary N) is 1. The van der Waals surface area contributed by atoms with Crippen molar-refractivity contribution in [3.05, 3.63) is 29.6 Å². The van der Waals surface area contributed by atoms with E-state index in [1.165, 1.54) is 19.3 Å². The molecule has 3 N–H and O–H groups in total. The first kappa shape index (κ1) is 19.9. The molecule has 19 heavy (non-hydrogen) atoms. The lowest BCUT2D eigenvalue weighted by molar-refractivity contribution is 0.0958. The number of nitrogens with zero attached hydrogens (tertiary/aromatic N) is 1. The minimum Gasteiger partial charge on any atom is -0.354 e. The van der Waals surface area contributed by atoms with Crippen molar-refractivity contribution in [1.82, 2.24) is 10.3 Å². The molecule has 0 fully saturated rings. The molecule has 0 unspecified atom stereocenters. The Morgan fingerprint density at radius 3 is 2.11 bits per heavy atom. The summed E-state index contributed by atoms with van der Waals surface area (Å²) in [5.74, 6) is -0.182. The number of nitrogens with two attached hydrogens (primary N) is 1. The van der Waals surface area contributed by atoms with Gasteiger partial charge in [0.05, 0.1) is 0 Å². The van der Waals surface area contributed by atoms with Crippen LogP contribution < -0.4 is 11.1 Å². The van der Waals surface area contributed by atoms with Gasteiger partial charge in [-0.1, -0.05) is 53.0 Å². The van der Waals surface area contributed by atoms with Crippen molar-refractivity contribution in [2.24, 2.45) is 5.73 Å². The van der Waals surface area contributed by atoms with Gasteiger partial charge in [-0.3, -0.25) is 9.78 Å². The Labute approximate surface area is 117 Å². The van der Waals surface area contributed by atoms with Crippen LogP contribution in [0.25, 0.3) is 0 Å². The van der Waals surface area contributed by atoms with E-state index in [4.69, 9.17) is 5.73 Å². The van der Waals surface area contributed by atoms with Crippen molar-refractivity contribution in [2.45, 2.75) is 53.5 Å². The summed E-state index contributed by atoms with van der Waals surface area (Å²) in [6.45, 7) is 8.87. The van der Waals surface area contributed by atoms with Crippen LogP contribution in [0.4, 0.5) is 0 Å². The highest BCUT2D eigenvalue weighted by atomic mass is 16.1. The normalized spacial score (nSPS) is 8.53. The standard InChI is InChI=1S/C8H11N3O.C5H12.C2H6/c1-10-8(12)7-3-2-6(4-9)5-11-7;1-3-5-4-2;1-2/h2-3,5H,4,9H2,1H3,(H,10,12);3-5H2,1-2H3;1-2H3. The molecule has 1 amide bonds. The largest absolute Gasteiger partial charge is 0.354 e. The molecule has 0 aliphatic heterocycles. The Bertz CT molecular complexity index is 308. The second kappa shape index (κ2) is 14.6. The van der Waals surface area contributed by atoms with Gasteiger partial charge in [-0.15, -0.1) is 0 Å². The summed E-state index contributed by atoms with van der Waals surface area (Å²) in [6.07, 6.45) is 5.68. The Balaban J connectivity index is 0. The Kier molecular flexibility index (Phi) is 15.3. The van der Waals surface area contributed by atoms with Gasteiger partial charge >= 0.3 is 0 Å². The molecule has 0 radical (unpaired) electrons. The lowest BCUT2D eigenvalue weighted by Gasteiger charge is -1.99. The third-order valence-corrected chi connectivity index (χ3v) is 2.23. The molecular formula is C15H29N3O. The number of rotatable bonds is 4. The molecule has 0 aliphatic carbocycles. The maximum atomic E-state index is 11.0. The number of carbonyl (C=O) groups is 1. The van der Waals surface area contributed by atoms with Crippen LogP contribution in [0, 0.1) is 0 Å². The van der Waals surface area contributed by atoms with Gasteiger partial charge in [-0.2, -0.15) is 0 Å². The summed E-state index contributed by atoms with van der Waals surface area (Å²) in [6, 6.07) is 3.44. The monoisotopic (exact) mass is 267 g/mol. The smallest absolute Gasteiger partial charge is 0.269 e. The molecule has 4 nitrogen and oxygen atoms in total. The third-order valence-electron chi connectivity index (χ3n) is 2.23. The van der Waals surface area contributed by atoms with Crippen LogP contribution in [0.15, 0.2) is 18.3 Å². The van der Waals surface area contributed by atoms with E-state index in [1.807, 2.05) is 13.8 Å². The zero-order chi connectivity index (χ0) is 15.1. The SMILES string of the molecule is CC.CCCCC.CNC(=O)c1ccc(CN)cn1. The number of pyridine rings is 1. The fourth-order valence-corrected chi connectivity index (χ4v) is 1.16. The zero-order valence-corrected chi connectivity index (χ0v) is 13.0. The minimum absolute atomic E-state index is 0.182. The van der Waals surface area contributed by atoms with E-state index >= 15 is 0 Å². The maximum absolute atomic E-state index is 11.0. The number of amides is 1. The molecule has 110 valence electrons. The van der Waals surface area contributed by atoms with Crippen molar-refractivity contribution < 1.29 is 4.79 Å². The number of hydrogen-bond acceptors (Lipinski definition) is 3. The summed E-state index contributed by atoms with van der Waals surface area (Å²) in [7, 11) is 1.57. The van der Waals surface area contributed by atoms with E-state index in [-0.39, 0.29) is 5.91 Å². The summed E-state index contributed by atoms with van der Waals surface area (Å²) in [5.41, 5.74) is 6.70. The van der Waals surface area contributed by atoms with Gasteiger partial charge in [0.2, 0.25) is 0 Å². The first-order chi connectivity index (χ1) is 9.19. The molecule has 0 saturated heterocycles. The van der Waals surface area contributed by atoms with Crippen molar-refractivity contribution >= 4 is 5.91 Å². The lowest BCUT2D eigenvalue weighted by atomic mass is 10.2. The van der Waals surface area contributed by atoms with Crippen LogP contribution in [0.3, 0.4) is 0 Å². The number of unbranched alkanes of at least 4 members (excludes halogenated alkanes) is 2. The van der Waals surface area contributed by atoms with Crippen molar-refractivity contribution in [3.63, 3.8) is 0 Å². The van der Waals surface area contributed by atoms with Crippen LogP contribution in [-0.2, 0) is 6.54 Å². The van der Waals surface area contributed by atoms with E-state index in [1.54, 1.807) is 25.4 Å². The zero-order valence-electron chi connectivity index (χ0n) is 13.0. The van der Waals surface area contributed by atoms with Gasteiger partial charge in [0, 0.05) is 19.8 Å². The molecule has 0 bridgehead atoms. The second-order valence-electron chi connectivity index (χ2n) is 3.69. The highest BCUT2D eigenvalue weighted by Gasteiger charge is 2.02. The van der Waals surface area contributed by atoms with E-state index in [0.29, 0.717) is 12.2 Å². The van der Waals surface area contributed by atoms with E-state index in [0.717, 1.165) is 5.56 Å². The molecule has 0 saturated carbocycles. The number of carbonyl (C=O) groups excluding carboxylic acids is 1. The first-order valence-corrected chi connectivity index (χ1v) is 7.06. The second-order valence-corrected chi connectivity index (χ2v) is 3.69. The van der Waals surface area contributed by atoms with Gasteiger partial charge in [0.25, 0.3) is 5.91 Å². The molecule has 1 heterocycles. The summed E-state index contributed by atoms with van der Waals surface area (Å²) >= 11 is 0. The first-order valence-electron chi connectivity index (χ1n) is 7.06. The molecule has 0 aliphatic rings. The molecule has 1 rings (SSSR count). The molecule has 1 aromatic rings. The fraction of sp³-hybridized carbons (Fsp3) is 0.600. The fourth-order valence-electron chi connectivity index (χ4n) is 1.16. The van der Waals surface area contributed by atoms with E-state index in [9.17, 15) is 4.79 Å². The Hall–Kier alpha value is -1.42. The van der Waals surface area contributed by atoms with Crippen LogP contribution in [0.5, 0.6) is 0 Å². The van der Waals surface area contributed by atoms with Crippen molar-refractivity contribution in [1.29, 1.82) is 0 Å². The summed E-state index contributed by atoms with van der Waals surface area (Å²) in [4.78, 5) is 14.9. The maximum Gasteiger partial charge on any atom is 0.269 e. The molecule has 1 aromatic heterocycles. The quantitative estimate of drug-likeness (QED) is 0.880. The van der Waals surface area contributed by atoms with Gasteiger partial charge in [-0.25, -0.2) is 0 Å². The average Bonchev–Trinajstić information content (AvgIpc) is 2.50. The van der Waals surface area contributed by atoms with Crippen molar-refractivity contribution in [2.75, 3.05) is 7.05 Å². The molecule has 4 heteroatoms. The Morgan fingerprint density at radius 2 is 1.84 bits per heavy atom. The molecule has 0 atom stereocenters.